The third-order valence-electron chi connectivity index (χ3n) is 9.31. The van der Waals surface area contributed by atoms with Crippen LogP contribution in [0.15, 0.2) is 140 Å². The quantitative estimate of drug-likeness (QED) is 0.200. The normalized spacial score (nSPS) is 13.2. The number of benzene rings is 6. The average Bonchev–Trinajstić information content (AvgIpc) is 3.61. The molecule has 0 atom stereocenters. The van der Waals surface area contributed by atoms with E-state index >= 15 is 0 Å². The van der Waals surface area contributed by atoms with E-state index < -0.39 is 0 Å². The number of fused-ring (bicyclic) bond motifs is 6. The largest absolute Gasteiger partial charge is 0.208 e. The monoisotopic (exact) mass is 607 g/mol. The second kappa shape index (κ2) is 10.3. The molecule has 9 rings (SSSR count). The molecule has 0 spiro atoms. The molecule has 1 aliphatic carbocycles. The maximum absolute atomic E-state index is 5.11. The van der Waals surface area contributed by atoms with Crippen LogP contribution in [0, 0.1) is 0 Å². The third-order valence-corrected chi connectivity index (χ3v) is 10.4. The van der Waals surface area contributed by atoms with Gasteiger partial charge in [0.1, 0.15) is 0 Å². The van der Waals surface area contributed by atoms with Crippen molar-refractivity contribution in [3.63, 3.8) is 0 Å². The highest BCUT2D eigenvalue weighted by atomic mass is 32.1. The molecule has 2 heterocycles. The first-order valence-electron chi connectivity index (χ1n) is 15.6. The lowest BCUT2D eigenvalue weighted by molar-refractivity contribution is 0.662. The topological polar surface area (TPSA) is 38.7 Å². The molecule has 46 heavy (non-hydrogen) atoms. The summed E-state index contributed by atoms with van der Waals surface area (Å²) in [5.74, 6) is 2.00. The van der Waals surface area contributed by atoms with Crippen molar-refractivity contribution in [3.8, 4) is 56.4 Å². The Morgan fingerprint density at radius 2 is 1.00 bits per heavy atom. The van der Waals surface area contributed by atoms with Crippen molar-refractivity contribution in [2.45, 2.75) is 19.3 Å². The van der Waals surface area contributed by atoms with Crippen molar-refractivity contribution >= 4 is 31.5 Å². The highest BCUT2D eigenvalue weighted by molar-refractivity contribution is 7.26. The van der Waals surface area contributed by atoms with Gasteiger partial charge in [-0.2, -0.15) is 0 Å². The summed E-state index contributed by atoms with van der Waals surface area (Å²) in [7, 11) is 0. The molecule has 0 saturated carbocycles. The molecule has 6 aromatic carbocycles. The molecule has 0 unspecified atom stereocenters. The third kappa shape index (κ3) is 4.14. The van der Waals surface area contributed by atoms with Gasteiger partial charge in [-0.1, -0.05) is 135 Å². The Kier molecular flexibility index (Phi) is 6.02. The van der Waals surface area contributed by atoms with Crippen molar-refractivity contribution < 1.29 is 0 Å². The van der Waals surface area contributed by atoms with Gasteiger partial charge >= 0.3 is 0 Å². The predicted molar refractivity (Wildman–Crippen MR) is 192 cm³/mol. The Bertz CT molecular complexity index is 2380. The molecule has 2 aromatic heterocycles. The number of nitrogens with zero attached hydrogens (tertiary/aromatic N) is 3. The van der Waals surface area contributed by atoms with Crippen molar-refractivity contribution in [1.82, 2.24) is 15.0 Å². The van der Waals surface area contributed by atoms with Crippen LogP contribution >= 0.6 is 11.3 Å². The summed E-state index contributed by atoms with van der Waals surface area (Å²) >= 11 is 1.83. The Balaban J connectivity index is 1.35. The zero-order valence-corrected chi connectivity index (χ0v) is 26.3. The summed E-state index contributed by atoms with van der Waals surface area (Å²) in [6.07, 6.45) is 0. The Labute approximate surface area is 271 Å². The van der Waals surface area contributed by atoms with Gasteiger partial charge in [0.15, 0.2) is 17.5 Å². The highest BCUT2D eigenvalue weighted by Gasteiger charge is 2.37. The number of hydrogen-bond acceptors (Lipinski definition) is 4. The van der Waals surface area contributed by atoms with Crippen molar-refractivity contribution in [3.05, 3.63) is 151 Å². The van der Waals surface area contributed by atoms with Gasteiger partial charge in [0.25, 0.3) is 0 Å². The first-order valence-corrected chi connectivity index (χ1v) is 16.4. The van der Waals surface area contributed by atoms with Crippen LogP contribution < -0.4 is 0 Å². The van der Waals surface area contributed by atoms with E-state index in [4.69, 9.17) is 15.0 Å². The zero-order chi connectivity index (χ0) is 30.8. The van der Waals surface area contributed by atoms with Gasteiger partial charge in [-0.25, -0.2) is 15.0 Å². The minimum absolute atomic E-state index is 0.148. The predicted octanol–water partition coefficient (Wildman–Crippen LogP) is 11.2. The lowest BCUT2D eigenvalue weighted by atomic mass is 9.78. The Morgan fingerprint density at radius 1 is 0.457 bits per heavy atom. The van der Waals surface area contributed by atoms with Gasteiger partial charge in [-0.05, 0) is 51.6 Å². The number of hydrogen-bond donors (Lipinski definition) is 0. The van der Waals surface area contributed by atoms with Gasteiger partial charge in [0.2, 0.25) is 0 Å². The van der Waals surface area contributed by atoms with Gasteiger partial charge in [0, 0.05) is 42.3 Å². The zero-order valence-electron chi connectivity index (χ0n) is 25.5. The van der Waals surface area contributed by atoms with Gasteiger partial charge in [-0.15, -0.1) is 11.3 Å². The van der Waals surface area contributed by atoms with E-state index in [1.54, 1.807) is 0 Å². The highest BCUT2D eigenvalue weighted by Crippen LogP contribution is 2.54. The van der Waals surface area contributed by atoms with Crippen LogP contribution in [-0.4, -0.2) is 15.0 Å². The minimum Gasteiger partial charge on any atom is -0.208 e. The van der Waals surface area contributed by atoms with E-state index in [9.17, 15) is 0 Å². The summed E-state index contributed by atoms with van der Waals surface area (Å²) in [5.41, 5.74) is 10.6. The average molecular weight is 608 g/mol. The fourth-order valence-corrected chi connectivity index (χ4v) is 8.38. The second-order valence-corrected chi connectivity index (χ2v) is 13.5. The molecule has 4 heteroatoms. The number of thiophene rings is 1. The molecule has 0 radical (unpaired) electrons. The molecule has 1 aliphatic rings. The van der Waals surface area contributed by atoms with Crippen molar-refractivity contribution in [2.75, 3.05) is 0 Å². The first-order chi connectivity index (χ1) is 22.6. The number of rotatable bonds is 4. The summed E-state index contributed by atoms with van der Waals surface area (Å²) in [6.45, 7) is 4.72. The maximum Gasteiger partial charge on any atom is 0.164 e. The Morgan fingerprint density at radius 3 is 1.70 bits per heavy atom. The first kappa shape index (κ1) is 26.9. The standard InChI is InChI=1S/C42H29N3S/c1-42(2)34-22-11-9-18-29(34)30-20-13-21-31(38(30)42)33-24-28(25-36-37(33)32-19-10-12-23-35(32)46-36)41-44-39(26-14-5-3-6-15-26)43-40(45-41)27-16-7-4-8-17-27/h3-25H,1-2H3. The lowest BCUT2D eigenvalue weighted by Crippen LogP contribution is -2.16. The molecule has 3 nitrogen and oxygen atoms in total. The van der Waals surface area contributed by atoms with Crippen LogP contribution in [0.2, 0.25) is 0 Å². The fourth-order valence-electron chi connectivity index (χ4n) is 7.21. The van der Waals surface area contributed by atoms with Crippen LogP contribution in [0.1, 0.15) is 25.0 Å². The van der Waals surface area contributed by atoms with Crippen LogP contribution in [0.5, 0.6) is 0 Å². The molecule has 0 fully saturated rings. The van der Waals surface area contributed by atoms with E-state index in [1.165, 1.54) is 53.6 Å². The van der Waals surface area contributed by atoms with Crippen LogP contribution in [-0.2, 0) is 5.41 Å². The summed E-state index contributed by atoms with van der Waals surface area (Å²) in [4.78, 5) is 15.2. The maximum atomic E-state index is 5.11. The summed E-state index contributed by atoms with van der Waals surface area (Å²) < 4.78 is 2.50. The summed E-state index contributed by atoms with van der Waals surface area (Å²) in [5, 5.41) is 2.56. The number of aromatic nitrogens is 3. The molecule has 0 N–H and O–H groups in total. The van der Waals surface area contributed by atoms with Crippen LogP contribution in [0.25, 0.3) is 76.6 Å². The van der Waals surface area contributed by atoms with E-state index in [0.29, 0.717) is 17.5 Å². The van der Waals surface area contributed by atoms with Crippen molar-refractivity contribution in [1.29, 1.82) is 0 Å². The van der Waals surface area contributed by atoms with Gasteiger partial charge < -0.3 is 0 Å². The van der Waals surface area contributed by atoms with Crippen LogP contribution in [0.3, 0.4) is 0 Å². The molecular formula is C42H29N3S. The van der Waals surface area contributed by atoms with E-state index in [-0.39, 0.29) is 5.41 Å². The molecule has 0 saturated heterocycles. The van der Waals surface area contributed by atoms with Gasteiger partial charge in [-0.3, -0.25) is 0 Å². The molecular weight excluding hydrogens is 579 g/mol. The van der Waals surface area contributed by atoms with Crippen molar-refractivity contribution in [2.24, 2.45) is 0 Å². The van der Waals surface area contributed by atoms with E-state index in [2.05, 4.69) is 117 Å². The molecule has 0 amide bonds. The van der Waals surface area contributed by atoms with E-state index in [0.717, 1.165) is 16.7 Å². The molecule has 0 bridgehead atoms. The van der Waals surface area contributed by atoms with E-state index in [1.807, 2.05) is 47.7 Å². The minimum atomic E-state index is -0.148. The second-order valence-electron chi connectivity index (χ2n) is 12.4. The molecule has 0 aliphatic heterocycles. The molecule has 8 aromatic rings. The lowest BCUT2D eigenvalue weighted by Gasteiger charge is -2.25. The summed E-state index contributed by atoms with van der Waals surface area (Å²) in [6, 6.07) is 49.4. The van der Waals surface area contributed by atoms with Crippen LogP contribution in [0.4, 0.5) is 0 Å². The fraction of sp³-hybridized carbons (Fsp3) is 0.0714. The molecule has 218 valence electrons. The SMILES string of the molecule is CC1(C)c2ccccc2-c2cccc(-c3cc(-c4nc(-c5ccccc5)nc(-c5ccccc5)n4)cc4sc5ccccc5c34)c21. The van der Waals surface area contributed by atoms with Gasteiger partial charge in [0.05, 0.1) is 0 Å². The Hall–Kier alpha value is -5.45. The smallest absolute Gasteiger partial charge is 0.164 e.